The lowest BCUT2D eigenvalue weighted by atomic mass is 9.99. The van der Waals surface area contributed by atoms with E-state index in [1.807, 2.05) is 35.7 Å². The Balaban J connectivity index is 2.30. The Morgan fingerprint density at radius 2 is 1.78 bits per heavy atom. The molecule has 0 amide bonds. The van der Waals surface area contributed by atoms with E-state index in [-0.39, 0.29) is 5.78 Å². The second kappa shape index (κ2) is 4.39. The van der Waals surface area contributed by atoms with Gasteiger partial charge in [-0.2, -0.15) is 0 Å². The van der Waals surface area contributed by atoms with Gasteiger partial charge in [0.1, 0.15) is 0 Å². The van der Waals surface area contributed by atoms with E-state index in [9.17, 15) is 4.79 Å². The van der Waals surface area contributed by atoms with Crippen molar-refractivity contribution in [1.29, 1.82) is 0 Å². The van der Waals surface area contributed by atoms with Gasteiger partial charge in [0.05, 0.1) is 0 Å². The molecule has 0 N–H and O–H groups in total. The second-order valence-corrected chi connectivity index (χ2v) is 5.16. The van der Waals surface area contributed by atoms with Gasteiger partial charge >= 0.3 is 0 Å². The van der Waals surface area contributed by atoms with Crippen LogP contribution >= 0.6 is 11.3 Å². The van der Waals surface area contributed by atoms with Gasteiger partial charge in [0, 0.05) is 15.6 Å². The van der Waals surface area contributed by atoms with Gasteiger partial charge in [0.2, 0.25) is 0 Å². The number of benzene rings is 2. The molecule has 1 heterocycles. The summed E-state index contributed by atoms with van der Waals surface area (Å²) in [6.07, 6.45) is 0. The summed E-state index contributed by atoms with van der Waals surface area (Å²) < 4.78 is 1.09. The van der Waals surface area contributed by atoms with Crippen LogP contribution < -0.4 is 0 Å². The fourth-order valence-electron chi connectivity index (χ4n) is 2.21. The minimum absolute atomic E-state index is 0.127. The molecule has 1 aromatic heterocycles. The van der Waals surface area contributed by atoms with E-state index in [4.69, 9.17) is 0 Å². The molecular weight excluding hydrogens is 240 g/mol. The molecule has 2 heteroatoms. The molecule has 0 radical (unpaired) electrons. The van der Waals surface area contributed by atoms with Gasteiger partial charge in [-0.25, -0.2) is 0 Å². The first-order chi connectivity index (χ1) is 8.77. The highest BCUT2D eigenvalue weighted by Crippen LogP contribution is 2.34. The maximum Gasteiger partial charge on any atom is 0.161 e. The van der Waals surface area contributed by atoms with Crippen LogP contribution in [0.2, 0.25) is 0 Å². The Hall–Kier alpha value is -1.93. The monoisotopic (exact) mass is 252 g/mol. The average molecular weight is 252 g/mol. The lowest BCUT2D eigenvalue weighted by Crippen LogP contribution is -1.92. The summed E-state index contributed by atoms with van der Waals surface area (Å²) in [7, 11) is 0. The fraction of sp³-hybridized carbons (Fsp3) is 0.0625. The van der Waals surface area contributed by atoms with Crippen molar-refractivity contribution in [3.8, 4) is 11.1 Å². The number of Topliss-reactive ketones (excluding diaryl/α,β-unsaturated/α-hetero) is 1. The molecule has 0 aliphatic heterocycles. The predicted octanol–water partition coefficient (Wildman–Crippen LogP) is 4.77. The zero-order valence-corrected chi connectivity index (χ0v) is 10.8. The Kier molecular flexibility index (Phi) is 2.73. The second-order valence-electron chi connectivity index (χ2n) is 4.25. The number of ketones is 1. The van der Waals surface area contributed by atoms with Crippen molar-refractivity contribution in [1.82, 2.24) is 0 Å². The van der Waals surface area contributed by atoms with Crippen LogP contribution in [0.4, 0.5) is 0 Å². The molecule has 0 aliphatic carbocycles. The summed E-state index contributed by atoms with van der Waals surface area (Å²) in [6, 6.07) is 16.3. The number of thiophene rings is 1. The lowest BCUT2D eigenvalue weighted by Gasteiger charge is -2.06. The van der Waals surface area contributed by atoms with Crippen LogP contribution in [0.15, 0.2) is 53.9 Å². The van der Waals surface area contributed by atoms with Gasteiger partial charge in [-0.05, 0) is 35.6 Å². The standard InChI is InChI=1S/C16H12OS/c1-11(17)13-7-8-14(12-5-3-2-4-6-12)15-9-10-18-16(13)15/h2-10H,1H3. The van der Waals surface area contributed by atoms with Crippen LogP contribution in [-0.2, 0) is 0 Å². The minimum Gasteiger partial charge on any atom is -0.294 e. The zero-order valence-electron chi connectivity index (χ0n) is 10.0. The number of hydrogen-bond donors (Lipinski definition) is 0. The lowest BCUT2D eigenvalue weighted by molar-refractivity contribution is 0.101. The third-order valence-electron chi connectivity index (χ3n) is 3.08. The molecule has 1 nitrogen and oxygen atoms in total. The van der Waals surface area contributed by atoms with Gasteiger partial charge in [0.25, 0.3) is 0 Å². The van der Waals surface area contributed by atoms with Crippen molar-refractivity contribution in [2.45, 2.75) is 6.92 Å². The Morgan fingerprint density at radius 3 is 2.50 bits per heavy atom. The number of fused-ring (bicyclic) bond motifs is 1. The molecule has 0 saturated heterocycles. The molecule has 18 heavy (non-hydrogen) atoms. The van der Waals surface area contributed by atoms with Crippen molar-refractivity contribution >= 4 is 27.2 Å². The summed E-state index contributed by atoms with van der Waals surface area (Å²) >= 11 is 1.63. The molecule has 0 saturated carbocycles. The summed E-state index contributed by atoms with van der Waals surface area (Å²) in [5.74, 6) is 0.127. The van der Waals surface area contributed by atoms with Gasteiger partial charge in [-0.1, -0.05) is 36.4 Å². The summed E-state index contributed by atoms with van der Waals surface area (Å²) in [5.41, 5.74) is 3.20. The highest BCUT2D eigenvalue weighted by molar-refractivity contribution is 7.17. The highest BCUT2D eigenvalue weighted by Gasteiger charge is 2.11. The normalized spacial score (nSPS) is 10.7. The van der Waals surface area contributed by atoms with Gasteiger partial charge in [-0.15, -0.1) is 11.3 Å². The Morgan fingerprint density at radius 1 is 1.00 bits per heavy atom. The van der Waals surface area contributed by atoms with Crippen LogP contribution in [0.1, 0.15) is 17.3 Å². The van der Waals surface area contributed by atoms with Gasteiger partial charge in [0.15, 0.2) is 5.78 Å². The SMILES string of the molecule is CC(=O)c1ccc(-c2ccccc2)c2ccsc12. The summed E-state index contributed by atoms with van der Waals surface area (Å²) in [5, 5.41) is 3.21. The van der Waals surface area contributed by atoms with Crippen molar-refractivity contribution in [2.24, 2.45) is 0 Å². The summed E-state index contributed by atoms with van der Waals surface area (Å²) in [6.45, 7) is 1.62. The molecule has 2 aromatic carbocycles. The van der Waals surface area contributed by atoms with E-state index in [0.29, 0.717) is 0 Å². The van der Waals surface area contributed by atoms with Crippen LogP contribution in [0.5, 0.6) is 0 Å². The van der Waals surface area contributed by atoms with Crippen molar-refractivity contribution in [2.75, 3.05) is 0 Å². The molecule has 3 rings (SSSR count). The first kappa shape index (κ1) is 11.2. The molecule has 3 aromatic rings. The number of rotatable bonds is 2. The average Bonchev–Trinajstić information content (AvgIpc) is 2.87. The smallest absolute Gasteiger partial charge is 0.161 e. The van der Waals surface area contributed by atoms with Crippen molar-refractivity contribution < 1.29 is 4.79 Å². The third kappa shape index (κ3) is 1.75. The van der Waals surface area contributed by atoms with E-state index in [1.54, 1.807) is 18.3 Å². The Labute approximate surface area is 110 Å². The van der Waals surface area contributed by atoms with Crippen molar-refractivity contribution in [3.63, 3.8) is 0 Å². The summed E-state index contributed by atoms with van der Waals surface area (Å²) in [4.78, 5) is 11.6. The van der Waals surface area contributed by atoms with Gasteiger partial charge < -0.3 is 0 Å². The maximum absolute atomic E-state index is 11.6. The first-order valence-electron chi connectivity index (χ1n) is 5.84. The minimum atomic E-state index is 0.127. The van der Waals surface area contributed by atoms with Crippen LogP contribution in [0.25, 0.3) is 21.2 Å². The van der Waals surface area contributed by atoms with Crippen LogP contribution in [-0.4, -0.2) is 5.78 Å². The molecule has 0 unspecified atom stereocenters. The van der Waals surface area contributed by atoms with Crippen LogP contribution in [0.3, 0.4) is 0 Å². The van der Waals surface area contributed by atoms with E-state index in [1.165, 1.54) is 16.5 Å². The van der Waals surface area contributed by atoms with E-state index >= 15 is 0 Å². The molecule has 0 aliphatic rings. The maximum atomic E-state index is 11.6. The number of carbonyl (C=O) groups is 1. The van der Waals surface area contributed by atoms with Gasteiger partial charge in [-0.3, -0.25) is 4.79 Å². The molecule has 0 fully saturated rings. The van der Waals surface area contributed by atoms with E-state index < -0.39 is 0 Å². The van der Waals surface area contributed by atoms with E-state index in [2.05, 4.69) is 18.2 Å². The number of carbonyl (C=O) groups excluding carboxylic acids is 1. The molecule has 0 atom stereocenters. The molecular formula is C16H12OS. The van der Waals surface area contributed by atoms with Crippen LogP contribution in [0, 0.1) is 0 Å². The first-order valence-corrected chi connectivity index (χ1v) is 6.72. The third-order valence-corrected chi connectivity index (χ3v) is 4.03. The largest absolute Gasteiger partial charge is 0.294 e. The topological polar surface area (TPSA) is 17.1 Å². The molecule has 0 spiro atoms. The fourth-order valence-corrected chi connectivity index (χ4v) is 3.19. The van der Waals surface area contributed by atoms with Crippen molar-refractivity contribution in [3.05, 3.63) is 59.5 Å². The van der Waals surface area contributed by atoms with E-state index in [0.717, 1.165) is 10.3 Å². The zero-order chi connectivity index (χ0) is 12.5. The Bertz CT molecular complexity index is 710. The quantitative estimate of drug-likeness (QED) is 0.600. The highest BCUT2D eigenvalue weighted by atomic mass is 32.1. The predicted molar refractivity (Wildman–Crippen MR) is 77.3 cm³/mol. The number of hydrogen-bond acceptors (Lipinski definition) is 2. The molecule has 88 valence electrons. The molecule has 0 bridgehead atoms.